The molecule has 2 saturated heterocycles. The lowest BCUT2D eigenvalue weighted by molar-refractivity contribution is -0.132. The maximum absolute atomic E-state index is 12.3. The van der Waals surface area contributed by atoms with Crippen LogP contribution in [0.3, 0.4) is 0 Å². The van der Waals surface area contributed by atoms with Crippen molar-refractivity contribution in [1.29, 1.82) is 5.41 Å². The van der Waals surface area contributed by atoms with E-state index in [1.807, 2.05) is 0 Å². The van der Waals surface area contributed by atoms with E-state index in [0.29, 0.717) is 24.6 Å². The zero-order chi connectivity index (χ0) is 19.0. The van der Waals surface area contributed by atoms with E-state index >= 15 is 0 Å². The molecule has 4 rings (SSSR count). The maximum atomic E-state index is 12.3. The lowest BCUT2D eigenvalue weighted by Gasteiger charge is -2.46. The summed E-state index contributed by atoms with van der Waals surface area (Å²) in [6, 6.07) is 15.3. The molecule has 2 aromatic rings. The summed E-state index contributed by atoms with van der Waals surface area (Å²) in [5.74, 6) is 1.05. The Kier molecular flexibility index (Phi) is 4.77. The molecular formula is C23H29N3O. The summed E-state index contributed by atoms with van der Waals surface area (Å²) in [5, 5.41) is 10.8. The van der Waals surface area contributed by atoms with Crippen molar-refractivity contribution in [3.8, 4) is 0 Å². The Morgan fingerprint density at radius 3 is 2.70 bits per heavy atom. The number of piperidine rings is 2. The molecule has 0 spiro atoms. The largest absolute Gasteiger partial charge is 0.304 e. The predicted octanol–water partition coefficient (Wildman–Crippen LogP) is 4.29. The molecule has 4 nitrogen and oxygen atoms in total. The molecule has 1 amide bonds. The zero-order valence-electron chi connectivity index (χ0n) is 16.4. The summed E-state index contributed by atoms with van der Waals surface area (Å²) >= 11 is 0. The third-order valence-corrected chi connectivity index (χ3v) is 6.62. The van der Waals surface area contributed by atoms with Crippen LogP contribution in [0.1, 0.15) is 38.2 Å². The van der Waals surface area contributed by atoms with Crippen LogP contribution in [0.25, 0.3) is 10.8 Å². The molecule has 27 heavy (non-hydrogen) atoms. The molecule has 0 aromatic heterocycles. The lowest BCUT2D eigenvalue weighted by atomic mass is 9.67. The summed E-state index contributed by atoms with van der Waals surface area (Å²) in [4.78, 5) is 16.4. The van der Waals surface area contributed by atoms with E-state index < -0.39 is 0 Å². The highest BCUT2D eigenvalue weighted by atomic mass is 16.2. The van der Waals surface area contributed by atoms with Gasteiger partial charge in [-0.25, -0.2) is 0 Å². The van der Waals surface area contributed by atoms with Gasteiger partial charge in [-0.2, -0.15) is 0 Å². The number of hydrogen-bond acceptors (Lipinski definition) is 3. The summed E-state index contributed by atoms with van der Waals surface area (Å²) < 4.78 is 0. The number of amidine groups is 1. The molecule has 0 bridgehead atoms. The summed E-state index contributed by atoms with van der Waals surface area (Å²) in [6.45, 7) is 5.32. The number of carbonyl (C=O) groups excluding carboxylic acids is 1. The number of amides is 1. The van der Waals surface area contributed by atoms with E-state index in [9.17, 15) is 4.79 Å². The van der Waals surface area contributed by atoms with Gasteiger partial charge in [-0.1, -0.05) is 43.3 Å². The minimum Gasteiger partial charge on any atom is -0.304 e. The van der Waals surface area contributed by atoms with Crippen molar-refractivity contribution >= 4 is 22.5 Å². The Hall–Kier alpha value is -2.20. The van der Waals surface area contributed by atoms with Gasteiger partial charge in [0.15, 0.2) is 0 Å². The van der Waals surface area contributed by atoms with Crippen LogP contribution in [0.4, 0.5) is 0 Å². The summed E-state index contributed by atoms with van der Waals surface area (Å²) in [5.41, 5.74) is 1.27. The molecule has 1 N–H and O–H groups in total. The number of likely N-dealkylation sites (tertiary alicyclic amines) is 2. The van der Waals surface area contributed by atoms with Gasteiger partial charge in [-0.3, -0.25) is 15.1 Å². The normalized spacial score (nSPS) is 27.3. The summed E-state index contributed by atoms with van der Waals surface area (Å²) in [7, 11) is 1.73. The molecule has 0 saturated carbocycles. The van der Waals surface area contributed by atoms with Gasteiger partial charge in [0, 0.05) is 33.0 Å². The van der Waals surface area contributed by atoms with Gasteiger partial charge < -0.3 is 4.90 Å². The van der Waals surface area contributed by atoms with Crippen molar-refractivity contribution in [2.24, 2.45) is 11.3 Å². The van der Waals surface area contributed by atoms with Crippen LogP contribution in [0, 0.1) is 16.7 Å². The molecule has 4 heteroatoms. The lowest BCUT2D eigenvalue weighted by Crippen LogP contribution is -2.50. The maximum Gasteiger partial charge on any atom is 0.228 e. The second-order valence-electron chi connectivity index (χ2n) is 8.66. The van der Waals surface area contributed by atoms with E-state index in [1.165, 1.54) is 27.7 Å². The molecule has 142 valence electrons. The third kappa shape index (κ3) is 3.63. The van der Waals surface area contributed by atoms with E-state index in [2.05, 4.69) is 54.3 Å². The van der Waals surface area contributed by atoms with Crippen molar-refractivity contribution in [2.45, 2.75) is 39.2 Å². The van der Waals surface area contributed by atoms with Crippen molar-refractivity contribution in [1.82, 2.24) is 9.80 Å². The van der Waals surface area contributed by atoms with Crippen molar-refractivity contribution in [3.63, 3.8) is 0 Å². The Balaban J connectivity index is 1.47. The monoisotopic (exact) mass is 363 g/mol. The van der Waals surface area contributed by atoms with Gasteiger partial charge in [-0.05, 0) is 53.1 Å². The Morgan fingerprint density at radius 1 is 1.15 bits per heavy atom. The van der Waals surface area contributed by atoms with Gasteiger partial charge in [0.25, 0.3) is 0 Å². The van der Waals surface area contributed by atoms with Crippen LogP contribution in [0.15, 0.2) is 42.5 Å². The molecule has 2 aliphatic rings. The Labute approximate surface area is 161 Å². The average Bonchev–Trinajstić information content (AvgIpc) is 2.66. The zero-order valence-corrected chi connectivity index (χ0v) is 16.4. The molecule has 1 unspecified atom stereocenters. The molecular weight excluding hydrogens is 334 g/mol. The highest BCUT2D eigenvalue weighted by Crippen LogP contribution is 2.43. The van der Waals surface area contributed by atoms with Crippen LogP contribution in [0.5, 0.6) is 0 Å². The molecule has 2 aliphatic heterocycles. The quantitative estimate of drug-likeness (QED) is 0.884. The first-order valence-electron chi connectivity index (χ1n) is 9.99. The Bertz CT molecular complexity index is 857. The fourth-order valence-corrected chi connectivity index (χ4v) is 4.83. The molecule has 0 radical (unpaired) electrons. The number of fused-ring (bicyclic) bond motifs is 1. The summed E-state index contributed by atoms with van der Waals surface area (Å²) in [6.07, 6.45) is 3.62. The minimum absolute atomic E-state index is 0.0806. The van der Waals surface area contributed by atoms with Crippen molar-refractivity contribution < 1.29 is 4.79 Å². The first-order chi connectivity index (χ1) is 12.9. The minimum atomic E-state index is -0.0806. The van der Waals surface area contributed by atoms with Gasteiger partial charge in [0.1, 0.15) is 5.84 Å². The average molecular weight is 364 g/mol. The first kappa shape index (κ1) is 18.2. The number of carbonyl (C=O) groups is 1. The van der Waals surface area contributed by atoms with E-state index in [-0.39, 0.29) is 11.3 Å². The van der Waals surface area contributed by atoms with Gasteiger partial charge in [-0.15, -0.1) is 0 Å². The fraction of sp³-hybridized carbons (Fsp3) is 0.478. The van der Waals surface area contributed by atoms with Crippen LogP contribution in [-0.4, -0.2) is 41.7 Å². The van der Waals surface area contributed by atoms with Gasteiger partial charge in [0.05, 0.1) is 0 Å². The number of nitrogens with zero attached hydrogens (tertiary/aromatic N) is 2. The second-order valence-corrected chi connectivity index (χ2v) is 8.66. The van der Waals surface area contributed by atoms with E-state index in [4.69, 9.17) is 5.41 Å². The van der Waals surface area contributed by atoms with Crippen molar-refractivity contribution in [3.05, 3.63) is 48.0 Å². The second kappa shape index (κ2) is 7.08. The molecule has 2 heterocycles. The molecule has 2 atom stereocenters. The Morgan fingerprint density at radius 2 is 1.93 bits per heavy atom. The molecule has 2 fully saturated rings. The van der Waals surface area contributed by atoms with Crippen LogP contribution in [-0.2, 0) is 11.3 Å². The fourth-order valence-electron chi connectivity index (χ4n) is 4.83. The SMILES string of the molecule is CN1C(=N)C[C@](C)(C2CCCN(Cc3ccc4ccccc4c3)C2)CC1=O. The number of rotatable bonds is 3. The topological polar surface area (TPSA) is 47.4 Å². The highest BCUT2D eigenvalue weighted by molar-refractivity contribution is 5.99. The predicted molar refractivity (Wildman–Crippen MR) is 110 cm³/mol. The van der Waals surface area contributed by atoms with E-state index in [1.54, 1.807) is 7.05 Å². The van der Waals surface area contributed by atoms with Crippen LogP contribution < -0.4 is 0 Å². The molecule has 0 aliphatic carbocycles. The standard InChI is InChI=1S/C23H29N3O/c1-23(13-21(24)25(2)22(27)14-23)20-8-5-11-26(16-20)15-17-9-10-18-6-3-4-7-19(18)12-17/h3-4,6-7,9-10,12,20,24H,5,8,11,13-16H2,1-2H3/t20?,23-/m0/s1. The first-order valence-corrected chi connectivity index (χ1v) is 9.99. The smallest absolute Gasteiger partial charge is 0.228 e. The van der Waals surface area contributed by atoms with Gasteiger partial charge in [0.2, 0.25) is 5.91 Å². The van der Waals surface area contributed by atoms with Gasteiger partial charge >= 0.3 is 0 Å². The van der Waals surface area contributed by atoms with Crippen LogP contribution >= 0.6 is 0 Å². The van der Waals surface area contributed by atoms with Crippen LogP contribution in [0.2, 0.25) is 0 Å². The number of hydrogen-bond donors (Lipinski definition) is 1. The number of nitrogens with one attached hydrogen (secondary N) is 1. The third-order valence-electron chi connectivity index (χ3n) is 6.62. The van der Waals surface area contributed by atoms with Crippen molar-refractivity contribution in [2.75, 3.05) is 20.1 Å². The number of benzene rings is 2. The highest BCUT2D eigenvalue weighted by Gasteiger charge is 2.43. The van der Waals surface area contributed by atoms with E-state index in [0.717, 1.165) is 26.1 Å². The molecule has 2 aromatic carbocycles.